The first-order chi connectivity index (χ1) is 11.1. The van der Waals surface area contributed by atoms with E-state index in [4.69, 9.17) is 0 Å². The highest BCUT2D eigenvalue weighted by molar-refractivity contribution is 6.04. The summed E-state index contributed by atoms with van der Waals surface area (Å²) in [5, 5.41) is 11.3. The van der Waals surface area contributed by atoms with Gasteiger partial charge in [0.25, 0.3) is 5.91 Å². The molecule has 1 amide bonds. The quantitative estimate of drug-likeness (QED) is 0.896. The molecule has 0 aliphatic carbocycles. The summed E-state index contributed by atoms with van der Waals surface area (Å²) in [4.78, 5) is 15.2. The van der Waals surface area contributed by atoms with E-state index in [0.717, 1.165) is 29.7 Å². The molecule has 2 N–H and O–H groups in total. The Labute approximate surface area is 136 Å². The average Bonchev–Trinajstić information content (AvgIpc) is 2.93. The number of H-pyrrole nitrogens is 1. The van der Waals surface area contributed by atoms with Gasteiger partial charge in [-0.1, -0.05) is 25.1 Å². The minimum Gasteiger partial charge on any atom is -0.348 e. The molecule has 5 heteroatoms. The van der Waals surface area contributed by atoms with Gasteiger partial charge in [-0.2, -0.15) is 5.10 Å². The van der Waals surface area contributed by atoms with E-state index in [-0.39, 0.29) is 11.9 Å². The van der Waals surface area contributed by atoms with E-state index >= 15 is 0 Å². The minimum atomic E-state index is -0.0527. The summed E-state index contributed by atoms with van der Waals surface area (Å²) in [5.74, 6) is 0.747. The molecule has 1 aromatic carbocycles. The van der Waals surface area contributed by atoms with Crippen LogP contribution in [0, 0.1) is 5.92 Å². The lowest BCUT2D eigenvalue weighted by Gasteiger charge is -2.49. The third-order valence-electron chi connectivity index (χ3n) is 5.63. The van der Waals surface area contributed by atoms with Crippen molar-refractivity contribution in [3.63, 3.8) is 0 Å². The molecule has 2 bridgehead atoms. The topological polar surface area (TPSA) is 61.0 Å². The van der Waals surface area contributed by atoms with Crippen molar-refractivity contribution in [2.45, 2.75) is 50.7 Å². The van der Waals surface area contributed by atoms with E-state index in [1.54, 1.807) is 0 Å². The Morgan fingerprint density at radius 3 is 2.65 bits per heavy atom. The van der Waals surface area contributed by atoms with E-state index in [1.807, 2.05) is 24.3 Å². The van der Waals surface area contributed by atoms with Crippen molar-refractivity contribution in [1.29, 1.82) is 0 Å². The second kappa shape index (κ2) is 5.64. The smallest absolute Gasteiger partial charge is 0.272 e. The van der Waals surface area contributed by atoms with E-state index in [0.29, 0.717) is 17.8 Å². The molecule has 0 saturated carbocycles. The van der Waals surface area contributed by atoms with E-state index in [1.165, 1.54) is 12.8 Å². The highest BCUT2D eigenvalue weighted by Gasteiger charge is 2.39. The third kappa shape index (κ3) is 2.63. The standard InChI is InChI=1S/C18H24N4O/c1-11-7-13-9-12(10-14(8-11)22(13)2)19-18(23)17-15-5-3-4-6-16(15)20-21-17/h3-6,11-14H,7-10H2,1-2H3,(H,19,23)(H,20,21)/t11?,12?,13-,14+. The van der Waals surface area contributed by atoms with Crippen LogP contribution >= 0.6 is 0 Å². The number of piperidine rings is 2. The van der Waals surface area contributed by atoms with E-state index in [9.17, 15) is 4.79 Å². The molecule has 0 spiro atoms. The molecule has 2 fully saturated rings. The van der Waals surface area contributed by atoms with E-state index in [2.05, 4.69) is 34.4 Å². The molecule has 23 heavy (non-hydrogen) atoms. The Morgan fingerprint density at radius 2 is 1.91 bits per heavy atom. The second-order valence-corrected chi connectivity index (χ2v) is 7.31. The molecule has 2 unspecified atom stereocenters. The first-order valence-electron chi connectivity index (χ1n) is 8.57. The zero-order valence-corrected chi connectivity index (χ0v) is 13.7. The number of nitrogens with zero attached hydrogens (tertiary/aromatic N) is 2. The number of hydrogen-bond acceptors (Lipinski definition) is 3. The predicted octanol–water partition coefficient (Wildman–Crippen LogP) is 2.55. The van der Waals surface area contributed by atoms with Crippen LogP contribution in [0.2, 0.25) is 0 Å². The Morgan fingerprint density at radius 1 is 1.22 bits per heavy atom. The fourth-order valence-electron chi connectivity index (χ4n) is 4.44. The van der Waals surface area contributed by atoms with E-state index < -0.39 is 0 Å². The number of fused-ring (bicyclic) bond motifs is 3. The Bertz CT molecular complexity index is 709. The van der Waals surface area contributed by atoms with Crippen LogP contribution in [-0.2, 0) is 0 Å². The Hall–Kier alpha value is -1.88. The number of amides is 1. The van der Waals surface area contributed by atoms with Gasteiger partial charge in [-0.3, -0.25) is 9.89 Å². The van der Waals surface area contributed by atoms with Crippen molar-refractivity contribution in [1.82, 2.24) is 20.4 Å². The molecule has 2 aliphatic heterocycles. The molecular weight excluding hydrogens is 288 g/mol. The first-order valence-corrected chi connectivity index (χ1v) is 8.57. The van der Waals surface area contributed by atoms with Gasteiger partial charge in [0.15, 0.2) is 5.69 Å². The predicted molar refractivity (Wildman–Crippen MR) is 90.3 cm³/mol. The summed E-state index contributed by atoms with van der Waals surface area (Å²) in [6.45, 7) is 2.35. The molecule has 1 aromatic heterocycles. The molecular formula is C18H24N4O. The lowest BCUT2D eigenvalue weighted by molar-refractivity contribution is 0.0251. The van der Waals surface area contributed by atoms with Crippen LogP contribution in [0.4, 0.5) is 0 Å². The van der Waals surface area contributed by atoms with Gasteiger partial charge in [-0.25, -0.2) is 0 Å². The molecule has 2 aliphatic rings. The summed E-state index contributed by atoms with van der Waals surface area (Å²) >= 11 is 0. The van der Waals surface area contributed by atoms with Crippen LogP contribution in [0.5, 0.6) is 0 Å². The number of rotatable bonds is 2. The average molecular weight is 312 g/mol. The maximum absolute atomic E-state index is 12.6. The highest BCUT2D eigenvalue weighted by atomic mass is 16.2. The van der Waals surface area contributed by atoms with Gasteiger partial charge >= 0.3 is 0 Å². The van der Waals surface area contributed by atoms with Crippen molar-refractivity contribution in [2.24, 2.45) is 5.92 Å². The molecule has 4 rings (SSSR count). The summed E-state index contributed by atoms with van der Waals surface area (Å²) < 4.78 is 0. The monoisotopic (exact) mass is 312 g/mol. The lowest BCUT2D eigenvalue weighted by atomic mass is 9.77. The number of carbonyl (C=O) groups excluding carboxylic acids is 1. The number of carbonyl (C=O) groups is 1. The number of aromatic nitrogens is 2. The minimum absolute atomic E-state index is 0.0527. The van der Waals surface area contributed by atoms with Gasteiger partial charge in [-0.05, 0) is 44.7 Å². The number of aromatic amines is 1. The van der Waals surface area contributed by atoms with Gasteiger partial charge in [0.1, 0.15) is 0 Å². The Balaban J connectivity index is 1.49. The van der Waals surface area contributed by atoms with Crippen molar-refractivity contribution >= 4 is 16.8 Å². The summed E-state index contributed by atoms with van der Waals surface area (Å²) in [6.07, 6.45) is 4.58. The van der Waals surface area contributed by atoms with Crippen molar-refractivity contribution in [2.75, 3.05) is 7.05 Å². The van der Waals surface area contributed by atoms with Crippen LogP contribution in [-0.4, -0.2) is 46.2 Å². The molecule has 3 heterocycles. The molecule has 122 valence electrons. The normalized spacial score (nSPS) is 31.2. The highest BCUT2D eigenvalue weighted by Crippen LogP contribution is 2.35. The Kier molecular flexibility index (Phi) is 3.60. The summed E-state index contributed by atoms with van der Waals surface area (Å²) in [6, 6.07) is 9.23. The number of nitrogens with one attached hydrogen (secondary N) is 2. The van der Waals surface area contributed by atoms with Crippen molar-refractivity contribution in [3.05, 3.63) is 30.0 Å². The van der Waals surface area contributed by atoms with Gasteiger partial charge in [0.05, 0.1) is 5.52 Å². The fourth-order valence-corrected chi connectivity index (χ4v) is 4.44. The molecule has 0 radical (unpaired) electrons. The van der Waals surface area contributed by atoms with Crippen LogP contribution in [0.1, 0.15) is 43.1 Å². The molecule has 4 atom stereocenters. The zero-order valence-electron chi connectivity index (χ0n) is 13.7. The second-order valence-electron chi connectivity index (χ2n) is 7.31. The zero-order chi connectivity index (χ0) is 16.0. The largest absolute Gasteiger partial charge is 0.348 e. The summed E-state index contributed by atoms with van der Waals surface area (Å²) in [7, 11) is 2.24. The molecule has 2 aromatic rings. The van der Waals surface area contributed by atoms with Crippen LogP contribution < -0.4 is 5.32 Å². The van der Waals surface area contributed by atoms with Crippen molar-refractivity contribution < 1.29 is 4.79 Å². The van der Waals surface area contributed by atoms with Crippen LogP contribution in [0.25, 0.3) is 10.9 Å². The van der Waals surface area contributed by atoms with Gasteiger partial charge in [-0.15, -0.1) is 0 Å². The van der Waals surface area contributed by atoms with Crippen LogP contribution in [0.15, 0.2) is 24.3 Å². The van der Waals surface area contributed by atoms with Gasteiger partial charge in [0.2, 0.25) is 0 Å². The van der Waals surface area contributed by atoms with Gasteiger partial charge in [0, 0.05) is 23.5 Å². The van der Waals surface area contributed by atoms with Crippen molar-refractivity contribution in [3.8, 4) is 0 Å². The number of para-hydroxylation sites is 1. The SMILES string of the molecule is CC1C[C@@H]2CC(NC(=O)c3n[nH]c4ccccc34)C[C@H](C1)N2C. The summed E-state index contributed by atoms with van der Waals surface area (Å²) in [5.41, 5.74) is 1.42. The molecule has 2 saturated heterocycles. The maximum atomic E-state index is 12.6. The molecule has 5 nitrogen and oxygen atoms in total. The third-order valence-corrected chi connectivity index (χ3v) is 5.63. The number of benzene rings is 1. The first kappa shape index (κ1) is 14.7. The lowest BCUT2D eigenvalue weighted by Crippen LogP contribution is -2.56. The maximum Gasteiger partial charge on any atom is 0.272 e. The van der Waals surface area contributed by atoms with Gasteiger partial charge < -0.3 is 10.2 Å². The number of hydrogen-bond donors (Lipinski definition) is 2. The van der Waals surface area contributed by atoms with Crippen LogP contribution in [0.3, 0.4) is 0 Å². The fraction of sp³-hybridized carbons (Fsp3) is 0.556.